The zero-order valence-electron chi connectivity index (χ0n) is 32.7. The third-order valence-electron chi connectivity index (χ3n) is 10.2. The second-order valence-corrected chi connectivity index (χ2v) is 14.9. The van der Waals surface area contributed by atoms with E-state index in [4.69, 9.17) is 9.47 Å². The van der Waals surface area contributed by atoms with Crippen molar-refractivity contribution in [2.75, 3.05) is 26.4 Å². The number of carbonyl (C=O) groups is 2. The smallest absolute Gasteiger partial charge is 0.261 e. The summed E-state index contributed by atoms with van der Waals surface area (Å²) in [5, 5.41) is 0. The van der Waals surface area contributed by atoms with Gasteiger partial charge in [-0.3, -0.25) is 14.5 Å². The Morgan fingerprint density at radius 1 is 0.520 bits per heavy atom. The lowest BCUT2D eigenvalue weighted by Gasteiger charge is -2.23. The van der Waals surface area contributed by atoms with Gasteiger partial charge >= 0.3 is 0 Å². The highest BCUT2D eigenvalue weighted by Gasteiger charge is 2.36. The Morgan fingerprint density at radius 3 is 1.34 bits per heavy atom. The lowest BCUT2D eigenvalue weighted by atomic mass is 10.0. The molecule has 1 aliphatic heterocycles. The summed E-state index contributed by atoms with van der Waals surface area (Å²) in [4.78, 5) is 27.4. The highest BCUT2D eigenvalue weighted by Crippen LogP contribution is 2.23. The lowest BCUT2D eigenvalue weighted by Crippen LogP contribution is -2.40. The average Bonchev–Trinajstić information content (AvgIpc) is 3.37. The van der Waals surface area contributed by atoms with Gasteiger partial charge in [0.05, 0.1) is 30.4 Å². The van der Waals surface area contributed by atoms with Crippen molar-refractivity contribution in [1.82, 2.24) is 4.90 Å². The number of amides is 2. The number of rotatable bonds is 36. The number of hydrogen-bond acceptors (Lipinski definition) is 4. The number of benzene rings is 1. The minimum absolute atomic E-state index is 0.219. The zero-order valence-corrected chi connectivity index (χ0v) is 32.7. The van der Waals surface area contributed by atoms with E-state index in [-0.39, 0.29) is 24.5 Å². The number of ether oxygens (including phenoxy) is 2. The van der Waals surface area contributed by atoms with E-state index in [1.807, 2.05) is 12.1 Å². The highest BCUT2D eigenvalue weighted by molar-refractivity contribution is 6.21. The molecule has 1 aromatic rings. The van der Waals surface area contributed by atoms with Crippen LogP contribution >= 0.6 is 0 Å². The first-order valence-corrected chi connectivity index (χ1v) is 21.5. The van der Waals surface area contributed by atoms with Crippen LogP contribution < -0.4 is 0 Å². The van der Waals surface area contributed by atoms with Gasteiger partial charge in [-0.1, -0.05) is 179 Å². The largest absolute Gasteiger partial charge is 0.379 e. The number of hydrogen-bond donors (Lipinski definition) is 0. The van der Waals surface area contributed by atoms with Gasteiger partial charge in [-0.05, 0) is 50.7 Å². The number of fused-ring (bicyclic) bond motifs is 1. The molecule has 1 aromatic carbocycles. The number of allylic oxidation sites excluding steroid dienone is 2. The maximum absolute atomic E-state index is 13.0. The van der Waals surface area contributed by atoms with E-state index in [0.29, 0.717) is 30.9 Å². The standard InChI is InChI=1S/C45H77NO4/c1-3-5-7-9-11-13-15-17-19-20-21-23-25-27-29-33-37-49-40-41(39-46-44(47)42-35-31-32-36-43(42)45(46)48)50-38-34-30-28-26-24-22-18-16-14-12-10-8-6-4-2/h17,19,31-32,35-36,41H,3-16,18,20-30,33-34,37-40H2,1-2H3/b19-17-. The van der Waals surface area contributed by atoms with Crippen LogP contribution in [0.15, 0.2) is 36.4 Å². The molecule has 50 heavy (non-hydrogen) atoms. The summed E-state index contributed by atoms with van der Waals surface area (Å²) in [5.74, 6) is -0.437. The molecular formula is C45H77NO4. The lowest BCUT2D eigenvalue weighted by molar-refractivity contribution is -0.0286. The summed E-state index contributed by atoms with van der Waals surface area (Å²) in [5.41, 5.74) is 0.988. The molecular weight excluding hydrogens is 618 g/mol. The minimum Gasteiger partial charge on any atom is -0.379 e. The summed E-state index contributed by atoms with van der Waals surface area (Å²) in [6, 6.07) is 7.11. The predicted octanol–water partition coefficient (Wildman–Crippen LogP) is 13.2. The monoisotopic (exact) mass is 696 g/mol. The van der Waals surface area contributed by atoms with Crippen molar-refractivity contribution in [2.24, 2.45) is 0 Å². The first-order chi connectivity index (χ1) is 24.7. The molecule has 0 N–H and O–H groups in total. The molecule has 0 radical (unpaired) electrons. The van der Waals surface area contributed by atoms with Crippen LogP contribution in [0.4, 0.5) is 0 Å². The van der Waals surface area contributed by atoms with Crippen molar-refractivity contribution in [1.29, 1.82) is 0 Å². The normalized spacial score (nSPS) is 13.6. The predicted molar refractivity (Wildman–Crippen MR) is 212 cm³/mol. The molecule has 2 amide bonds. The summed E-state index contributed by atoms with van der Waals surface area (Å²) >= 11 is 0. The van der Waals surface area contributed by atoms with Crippen LogP contribution in [0.2, 0.25) is 0 Å². The third-order valence-corrected chi connectivity index (χ3v) is 10.2. The van der Waals surface area contributed by atoms with Crippen LogP contribution in [0.3, 0.4) is 0 Å². The molecule has 0 aliphatic carbocycles. The highest BCUT2D eigenvalue weighted by atomic mass is 16.5. The molecule has 286 valence electrons. The molecule has 1 aliphatic rings. The molecule has 0 saturated carbocycles. The Balaban J connectivity index is 1.55. The Bertz CT molecular complexity index is 956. The van der Waals surface area contributed by atoms with Gasteiger partial charge in [0, 0.05) is 13.2 Å². The molecule has 2 rings (SSSR count). The molecule has 0 aromatic heterocycles. The Hall–Kier alpha value is -1.98. The first-order valence-electron chi connectivity index (χ1n) is 21.5. The van der Waals surface area contributed by atoms with Crippen LogP contribution in [0.25, 0.3) is 0 Å². The molecule has 5 heteroatoms. The molecule has 0 saturated heterocycles. The van der Waals surface area contributed by atoms with Crippen molar-refractivity contribution in [2.45, 2.75) is 200 Å². The van der Waals surface area contributed by atoms with Gasteiger partial charge in [-0.25, -0.2) is 0 Å². The van der Waals surface area contributed by atoms with Gasteiger partial charge in [0.2, 0.25) is 0 Å². The molecule has 5 nitrogen and oxygen atoms in total. The first kappa shape index (κ1) is 44.2. The van der Waals surface area contributed by atoms with Gasteiger partial charge in [-0.2, -0.15) is 0 Å². The number of carbonyl (C=O) groups excluding carboxylic acids is 2. The number of imide groups is 1. The Labute approximate surface area is 308 Å². The van der Waals surface area contributed by atoms with E-state index < -0.39 is 0 Å². The SMILES string of the molecule is CCCCCCCC/C=C\CCCCCCCCOCC(CN1C(=O)c2ccccc2C1=O)OCCCCCCCCCCCCCCCC. The van der Waals surface area contributed by atoms with E-state index in [1.165, 1.54) is 165 Å². The van der Waals surface area contributed by atoms with Crippen LogP contribution in [0.5, 0.6) is 0 Å². The summed E-state index contributed by atoms with van der Waals surface area (Å²) in [7, 11) is 0. The van der Waals surface area contributed by atoms with E-state index in [1.54, 1.807) is 12.1 Å². The fourth-order valence-electron chi connectivity index (χ4n) is 6.98. The van der Waals surface area contributed by atoms with Crippen LogP contribution in [0.1, 0.15) is 214 Å². The second-order valence-electron chi connectivity index (χ2n) is 14.9. The number of nitrogens with zero attached hydrogens (tertiary/aromatic N) is 1. The van der Waals surface area contributed by atoms with Crippen molar-refractivity contribution < 1.29 is 19.1 Å². The van der Waals surface area contributed by atoms with Crippen molar-refractivity contribution >= 4 is 11.8 Å². The molecule has 1 heterocycles. The quantitative estimate of drug-likeness (QED) is 0.0398. The molecule has 1 unspecified atom stereocenters. The summed E-state index contributed by atoms with van der Waals surface area (Å²) in [6.45, 7) is 6.56. The maximum atomic E-state index is 13.0. The van der Waals surface area contributed by atoms with Gasteiger partial charge in [0.15, 0.2) is 0 Å². The average molecular weight is 696 g/mol. The topological polar surface area (TPSA) is 55.8 Å². The van der Waals surface area contributed by atoms with Gasteiger partial charge in [0.1, 0.15) is 0 Å². The fourth-order valence-corrected chi connectivity index (χ4v) is 6.98. The van der Waals surface area contributed by atoms with E-state index in [0.717, 1.165) is 19.3 Å². The van der Waals surface area contributed by atoms with Gasteiger partial charge in [0.25, 0.3) is 11.8 Å². The van der Waals surface area contributed by atoms with E-state index in [9.17, 15) is 9.59 Å². The summed E-state index contributed by atoms with van der Waals surface area (Å²) in [6.07, 6.45) is 41.1. The van der Waals surface area contributed by atoms with Crippen LogP contribution in [-0.2, 0) is 9.47 Å². The Kier molecular flexibility index (Phi) is 28.0. The van der Waals surface area contributed by atoms with Gasteiger partial charge in [-0.15, -0.1) is 0 Å². The third kappa shape index (κ3) is 21.4. The van der Waals surface area contributed by atoms with Crippen molar-refractivity contribution in [3.8, 4) is 0 Å². The fraction of sp³-hybridized carbons (Fsp3) is 0.778. The second kappa shape index (κ2) is 31.7. The maximum Gasteiger partial charge on any atom is 0.261 e. The van der Waals surface area contributed by atoms with E-state index >= 15 is 0 Å². The molecule has 1 atom stereocenters. The molecule has 0 spiro atoms. The van der Waals surface area contributed by atoms with E-state index in [2.05, 4.69) is 26.0 Å². The summed E-state index contributed by atoms with van der Waals surface area (Å²) < 4.78 is 12.3. The Morgan fingerprint density at radius 2 is 0.900 bits per heavy atom. The van der Waals surface area contributed by atoms with Crippen LogP contribution in [0, 0.1) is 0 Å². The molecule has 0 fully saturated rings. The minimum atomic E-state index is -0.298. The van der Waals surface area contributed by atoms with Crippen LogP contribution in [-0.4, -0.2) is 49.2 Å². The zero-order chi connectivity index (χ0) is 35.7. The number of unbranched alkanes of at least 4 members (excludes halogenated alkanes) is 25. The van der Waals surface area contributed by atoms with Crippen molar-refractivity contribution in [3.63, 3.8) is 0 Å². The molecule has 0 bridgehead atoms. The van der Waals surface area contributed by atoms with Crippen molar-refractivity contribution in [3.05, 3.63) is 47.5 Å². The van der Waals surface area contributed by atoms with Gasteiger partial charge < -0.3 is 9.47 Å².